The Morgan fingerprint density at radius 1 is 1.19 bits per heavy atom. The van der Waals surface area contributed by atoms with Gasteiger partial charge in [-0.3, -0.25) is 19.7 Å². The Kier molecular flexibility index (Phi) is 4.61. The second kappa shape index (κ2) is 6.87. The number of benzene rings is 2. The van der Waals surface area contributed by atoms with Crippen LogP contribution < -0.4 is 10.2 Å². The average Bonchev–Trinajstić information content (AvgIpc) is 2.99. The maximum absolute atomic E-state index is 13.8. The molecule has 1 atom stereocenters. The van der Waals surface area contributed by atoms with E-state index in [0.717, 1.165) is 18.2 Å². The Balaban J connectivity index is 1.73. The van der Waals surface area contributed by atoms with Crippen LogP contribution in [0.25, 0.3) is 0 Å². The van der Waals surface area contributed by atoms with Gasteiger partial charge in [-0.1, -0.05) is 0 Å². The maximum atomic E-state index is 13.8. The van der Waals surface area contributed by atoms with Crippen molar-refractivity contribution in [3.63, 3.8) is 0 Å². The summed E-state index contributed by atoms with van der Waals surface area (Å²) in [4.78, 5) is 35.9. The number of amides is 2. The predicted molar refractivity (Wildman–Crippen MR) is 88.5 cm³/mol. The van der Waals surface area contributed by atoms with Crippen molar-refractivity contribution >= 4 is 28.9 Å². The molecule has 2 aromatic rings. The number of carbonyl (C=O) groups is 2. The molecule has 1 unspecified atom stereocenters. The first-order valence-electron chi connectivity index (χ1n) is 7.66. The van der Waals surface area contributed by atoms with E-state index in [1.807, 2.05) is 0 Å². The van der Waals surface area contributed by atoms with E-state index in [0.29, 0.717) is 5.69 Å². The molecule has 0 aromatic heterocycles. The van der Waals surface area contributed by atoms with E-state index < -0.39 is 28.4 Å². The van der Waals surface area contributed by atoms with Gasteiger partial charge in [0.1, 0.15) is 11.6 Å². The molecule has 0 spiro atoms. The summed E-state index contributed by atoms with van der Waals surface area (Å²) in [5.41, 5.74) is -0.234. The average molecular weight is 361 g/mol. The highest BCUT2D eigenvalue weighted by molar-refractivity contribution is 6.03. The highest BCUT2D eigenvalue weighted by Crippen LogP contribution is 2.27. The van der Waals surface area contributed by atoms with Crippen LogP contribution in [-0.4, -0.2) is 23.3 Å². The minimum atomic E-state index is -0.816. The molecule has 2 amide bonds. The van der Waals surface area contributed by atoms with Gasteiger partial charge >= 0.3 is 0 Å². The van der Waals surface area contributed by atoms with E-state index in [1.165, 1.54) is 29.2 Å². The first kappa shape index (κ1) is 17.5. The lowest BCUT2D eigenvalue weighted by atomic mass is 10.1. The van der Waals surface area contributed by atoms with Crippen LogP contribution in [0, 0.1) is 27.7 Å². The van der Waals surface area contributed by atoms with Crippen molar-refractivity contribution in [3.05, 3.63) is 64.2 Å². The molecule has 1 aliphatic heterocycles. The zero-order chi connectivity index (χ0) is 18.8. The number of hydrogen-bond acceptors (Lipinski definition) is 4. The van der Waals surface area contributed by atoms with Gasteiger partial charge in [-0.05, 0) is 30.3 Å². The van der Waals surface area contributed by atoms with Crippen LogP contribution in [0.3, 0.4) is 0 Å². The van der Waals surface area contributed by atoms with Crippen LogP contribution in [0.1, 0.15) is 6.42 Å². The third kappa shape index (κ3) is 3.51. The summed E-state index contributed by atoms with van der Waals surface area (Å²) in [6.45, 7) is 0.0485. The van der Waals surface area contributed by atoms with Gasteiger partial charge in [-0.25, -0.2) is 8.78 Å². The van der Waals surface area contributed by atoms with Gasteiger partial charge in [0, 0.05) is 30.8 Å². The van der Waals surface area contributed by atoms with Crippen molar-refractivity contribution in [1.82, 2.24) is 0 Å². The van der Waals surface area contributed by atoms with E-state index in [4.69, 9.17) is 0 Å². The molecule has 26 heavy (non-hydrogen) atoms. The summed E-state index contributed by atoms with van der Waals surface area (Å²) in [5.74, 6) is -2.97. The summed E-state index contributed by atoms with van der Waals surface area (Å²) < 4.78 is 26.8. The zero-order valence-corrected chi connectivity index (χ0v) is 13.3. The van der Waals surface area contributed by atoms with Crippen molar-refractivity contribution in [3.8, 4) is 0 Å². The first-order chi connectivity index (χ1) is 12.3. The Morgan fingerprint density at radius 2 is 1.88 bits per heavy atom. The van der Waals surface area contributed by atoms with Gasteiger partial charge in [0.25, 0.3) is 5.69 Å². The van der Waals surface area contributed by atoms with E-state index >= 15 is 0 Å². The van der Waals surface area contributed by atoms with Crippen molar-refractivity contribution in [1.29, 1.82) is 0 Å². The van der Waals surface area contributed by atoms with E-state index in [-0.39, 0.29) is 30.2 Å². The molecule has 7 nitrogen and oxygen atoms in total. The van der Waals surface area contributed by atoms with Crippen molar-refractivity contribution in [2.45, 2.75) is 6.42 Å². The highest BCUT2D eigenvalue weighted by Gasteiger charge is 2.35. The van der Waals surface area contributed by atoms with Crippen LogP contribution in [-0.2, 0) is 9.59 Å². The first-order valence-corrected chi connectivity index (χ1v) is 7.66. The van der Waals surface area contributed by atoms with Crippen LogP contribution in [0.5, 0.6) is 0 Å². The minimum Gasteiger partial charge on any atom is -0.323 e. The predicted octanol–water partition coefficient (Wildman–Crippen LogP) is 2.86. The molecule has 3 rings (SSSR count). The molecule has 0 radical (unpaired) electrons. The number of anilines is 2. The number of nitro benzene ring substituents is 1. The number of hydrogen-bond donors (Lipinski definition) is 1. The molecule has 2 aromatic carbocycles. The lowest BCUT2D eigenvalue weighted by Crippen LogP contribution is -2.28. The molecule has 0 aliphatic carbocycles. The van der Waals surface area contributed by atoms with Gasteiger partial charge in [-0.15, -0.1) is 0 Å². The van der Waals surface area contributed by atoms with Crippen LogP contribution in [0.2, 0.25) is 0 Å². The topological polar surface area (TPSA) is 92.5 Å². The minimum absolute atomic E-state index is 0.0485. The van der Waals surface area contributed by atoms with Gasteiger partial charge < -0.3 is 10.2 Å². The third-order valence-electron chi connectivity index (χ3n) is 4.05. The van der Waals surface area contributed by atoms with Crippen molar-refractivity contribution in [2.24, 2.45) is 5.92 Å². The summed E-state index contributed by atoms with van der Waals surface area (Å²) in [6, 6.07) is 8.05. The molecular weight excluding hydrogens is 348 g/mol. The van der Waals surface area contributed by atoms with Gasteiger partial charge in [0.05, 0.1) is 16.5 Å². The Morgan fingerprint density at radius 3 is 2.54 bits per heavy atom. The molecule has 1 fully saturated rings. The number of rotatable bonds is 4. The summed E-state index contributed by atoms with van der Waals surface area (Å²) >= 11 is 0. The molecular formula is C17H13F2N3O4. The van der Waals surface area contributed by atoms with Gasteiger partial charge in [-0.2, -0.15) is 0 Å². The Bertz CT molecular complexity index is 886. The summed E-state index contributed by atoms with van der Waals surface area (Å²) in [5, 5.41) is 13.1. The smallest absolute Gasteiger partial charge is 0.271 e. The van der Waals surface area contributed by atoms with Crippen LogP contribution in [0.15, 0.2) is 42.5 Å². The summed E-state index contributed by atoms with van der Waals surface area (Å²) in [6.07, 6.45) is -0.0975. The Labute approximate surface area is 146 Å². The number of nitro groups is 1. The SMILES string of the molecule is O=C(Nc1cc([N+](=O)[O-])ccc1F)C1CC(=O)N(c2ccc(F)cc2)C1. The van der Waals surface area contributed by atoms with Crippen molar-refractivity contribution < 1.29 is 23.3 Å². The monoisotopic (exact) mass is 361 g/mol. The third-order valence-corrected chi connectivity index (χ3v) is 4.05. The molecule has 9 heteroatoms. The molecule has 1 N–H and O–H groups in total. The largest absolute Gasteiger partial charge is 0.323 e. The zero-order valence-electron chi connectivity index (χ0n) is 13.3. The number of nitrogens with one attached hydrogen (secondary N) is 1. The maximum Gasteiger partial charge on any atom is 0.271 e. The summed E-state index contributed by atoms with van der Waals surface area (Å²) in [7, 11) is 0. The molecule has 1 aliphatic rings. The number of nitrogens with zero attached hydrogens (tertiary/aromatic N) is 2. The second-order valence-corrected chi connectivity index (χ2v) is 5.79. The Hall–Kier alpha value is -3.36. The lowest BCUT2D eigenvalue weighted by molar-refractivity contribution is -0.384. The van der Waals surface area contributed by atoms with E-state index in [2.05, 4.69) is 5.32 Å². The second-order valence-electron chi connectivity index (χ2n) is 5.79. The fourth-order valence-electron chi connectivity index (χ4n) is 2.71. The number of carbonyl (C=O) groups excluding carboxylic acids is 2. The van der Waals surface area contributed by atoms with E-state index in [1.54, 1.807) is 0 Å². The van der Waals surface area contributed by atoms with Crippen molar-refractivity contribution in [2.75, 3.05) is 16.8 Å². The van der Waals surface area contributed by atoms with Gasteiger partial charge in [0.2, 0.25) is 11.8 Å². The molecule has 1 heterocycles. The van der Waals surface area contributed by atoms with E-state index in [9.17, 15) is 28.5 Å². The lowest BCUT2D eigenvalue weighted by Gasteiger charge is -2.16. The quantitative estimate of drug-likeness (QED) is 0.669. The van der Waals surface area contributed by atoms with Crippen LogP contribution >= 0.6 is 0 Å². The van der Waals surface area contributed by atoms with Crippen LogP contribution in [0.4, 0.5) is 25.8 Å². The fraction of sp³-hybridized carbons (Fsp3) is 0.176. The number of halogens is 2. The molecule has 0 saturated carbocycles. The van der Waals surface area contributed by atoms with Gasteiger partial charge in [0.15, 0.2) is 0 Å². The number of non-ortho nitro benzene ring substituents is 1. The molecule has 1 saturated heterocycles. The fourth-order valence-corrected chi connectivity index (χ4v) is 2.71. The molecule has 134 valence electrons. The highest BCUT2D eigenvalue weighted by atomic mass is 19.1. The standard InChI is InChI=1S/C17H13F2N3O4/c18-11-1-3-12(4-2-11)21-9-10(7-16(21)23)17(24)20-15-8-13(22(25)26)5-6-14(15)19/h1-6,8,10H,7,9H2,(H,20,24). The molecule has 0 bridgehead atoms. The normalized spacial score (nSPS) is 16.6.